The largest absolute Gasteiger partial charge is 0.494 e. The van der Waals surface area contributed by atoms with Crippen molar-refractivity contribution in [1.29, 1.82) is 0 Å². The molecule has 21 heavy (non-hydrogen) atoms. The predicted molar refractivity (Wildman–Crippen MR) is 80.4 cm³/mol. The molecule has 5 nitrogen and oxygen atoms in total. The summed E-state index contributed by atoms with van der Waals surface area (Å²) in [6, 6.07) is 7.07. The Bertz CT molecular complexity index is 607. The Morgan fingerprint density at radius 2 is 2.24 bits per heavy atom. The average Bonchev–Trinajstić information content (AvgIpc) is 2.97. The Morgan fingerprint density at radius 1 is 1.43 bits per heavy atom. The first-order valence-corrected chi connectivity index (χ1v) is 7.12. The minimum absolute atomic E-state index is 0.678. The lowest BCUT2D eigenvalue weighted by molar-refractivity contribution is -0.140. The number of aromatic nitrogens is 2. The fourth-order valence-electron chi connectivity index (χ4n) is 1.91. The maximum atomic E-state index is 11.0. The first kappa shape index (κ1) is 15.1. The summed E-state index contributed by atoms with van der Waals surface area (Å²) in [6.45, 7) is 4.43. The Kier molecular flexibility index (Phi) is 4.98. The van der Waals surface area contributed by atoms with Crippen LogP contribution in [0.4, 0.5) is 0 Å². The lowest BCUT2D eigenvalue weighted by Gasteiger charge is -2.07. The number of carbonyl (C=O) groups is 1. The van der Waals surface area contributed by atoms with Crippen molar-refractivity contribution in [1.82, 2.24) is 9.78 Å². The zero-order valence-corrected chi connectivity index (χ0v) is 12.3. The molecule has 0 radical (unpaired) electrons. The van der Waals surface area contributed by atoms with Crippen molar-refractivity contribution >= 4 is 5.97 Å². The molecule has 0 fully saturated rings. The van der Waals surface area contributed by atoms with Gasteiger partial charge in [0.1, 0.15) is 11.8 Å². The minimum atomic E-state index is -0.902. The predicted octanol–water partition coefficient (Wildman–Crippen LogP) is 3.37. The van der Waals surface area contributed by atoms with E-state index in [4.69, 9.17) is 9.84 Å². The summed E-state index contributed by atoms with van der Waals surface area (Å²) in [5, 5.41) is 13.1. The van der Waals surface area contributed by atoms with E-state index in [0.29, 0.717) is 6.61 Å². The second-order valence-electron chi connectivity index (χ2n) is 4.95. The van der Waals surface area contributed by atoms with Crippen molar-refractivity contribution in [2.45, 2.75) is 32.7 Å². The van der Waals surface area contributed by atoms with Crippen LogP contribution in [0.5, 0.6) is 5.75 Å². The third-order valence-electron chi connectivity index (χ3n) is 3.29. The van der Waals surface area contributed by atoms with Crippen LogP contribution < -0.4 is 4.74 Å². The number of carboxylic acid groups (broad SMARTS) is 1. The number of benzene rings is 1. The number of aliphatic carboxylic acids is 1. The van der Waals surface area contributed by atoms with Crippen LogP contribution in [0.25, 0.3) is 11.1 Å². The molecule has 0 saturated heterocycles. The first-order chi connectivity index (χ1) is 10.1. The van der Waals surface area contributed by atoms with Crippen molar-refractivity contribution in [2.75, 3.05) is 6.61 Å². The van der Waals surface area contributed by atoms with E-state index in [0.717, 1.165) is 29.7 Å². The van der Waals surface area contributed by atoms with E-state index in [9.17, 15) is 4.79 Å². The van der Waals surface area contributed by atoms with E-state index in [-0.39, 0.29) is 0 Å². The standard InChI is InChI=1S/C16H20N2O3/c1-3-4-8-21-15-7-5-6-13(9-15)14-10-17-18(11-14)12(2)16(19)20/h5-7,9-12H,3-4,8H2,1-2H3,(H,19,20)/t12-/m0/s1. The molecule has 0 spiro atoms. The fraction of sp³-hybridized carbons (Fsp3) is 0.375. The number of nitrogens with zero attached hydrogens (tertiary/aromatic N) is 2. The second-order valence-corrected chi connectivity index (χ2v) is 4.95. The molecule has 2 rings (SSSR count). The smallest absolute Gasteiger partial charge is 0.328 e. The Balaban J connectivity index is 2.14. The molecule has 0 aliphatic heterocycles. The van der Waals surface area contributed by atoms with Gasteiger partial charge in [0.05, 0.1) is 12.8 Å². The molecule has 0 bridgehead atoms. The SMILES string of the molecule is CCCCOc1cccc(-c2cnn([C@@H](C)C(=O)O)c2)c1. The van der Waals surface area contributed by atoms with Gasteiger partial charge in [0.2, 0.25) is 0 Å². The zero-order chi connectivity index (χ0) is 15.2. The molecule has 112 valence electrons. The van der Waals surface area contributed by atoms with E-state index < -0.39 is 12.0 Å². The fourth-order valence-corrected chi connectivity index (χ4v) is 1.91. The summed E-state index contributed by atoms with van der Waals surface area (Å²) < 4.78 is 7.13. The van der Waals surface area contributed by atoms with Gasteiger partial charge in [-0.1, -0.05) is 25.5 Å². The van der Waals surface area contributed by atoms with Gasteiger partial charge in [-0.15, -0.1) is 0 Å². The molecule has 1 aromatic heterocycles. The second kappa shape index (κ2) is 6.92. The summed E-state index contributed by atoms with van der Waals surface area (Å²) >= 11 is 0. The maximum absolute atomic E-state index is 11.0. The van der Waals surface area contributed by atoms with Gasteiger partial charge in [-0.05, 0) is 31.0 Å². The van der Waals surface area contributed by atoms with Gasteiger partial charge in [-0.3, -0.25) is 4.68 Å². The number of hydrogen-bond acceptors (Lipinski definition) is 3. The molecular formula is C16H20N2O3. The summed E-state index contributed by atoms with van der Waals surface area (Å²) in [5.74, 6) is -0.0821. The third kappa shape index (κ3) is 3.84. The van der Waals surface area contributed by atoms with E-state index in [2.05, 4.69) is 12.0 Å². The van der Waals surface area contributed by atoms with Gasteiger partial charge >= 0.3 is 5.97 Å². The topological polar surface area (TPSA) is 64.4 Å². The molecule has 5 heteroatoms. The Morgan fingerprint density at radius 3 is 2.95 bits per heavy atom. The maximum Gasteiger partial charge on any atom is 0.328 e. The molecule has 1 N–H and O–H groups in total. The average molecular weight is 288 g/mol. The van der Waals surface area contributed by atoms with Gasteiger partial charge < -0.3 is 9.84 Å². The molecule has 2 aromatic rings. The first-order valence-electron chi connectivity index (χ1n) is 7.12. The van der Waals surface area contributed by atoms with Crippen molar-refractivity contribution in [3.63, 3.8) is 0 Å². The lowest BCUT2D eigenvalue weighted by atomic mass is 10.1. The van der Waals surface area contributed by atoms with E-state index in [1.165, 1.54) is 4.68 Å². The lowest BCUT2D eigenvalue weighted by Crippen LogP contribution is -2.15. The van der Waals surface area contributed by atoms with Crippen LogP contribution >= 0.6 is 0 Å². The number of carboxylic acids is 1. The number of rotatable bonds is 7. The molecule has 0 aliphatic carbocycles. The molecule has 1 atom stereocenters. The van der Waals surface area contributed by atoms with E-state index in [1.807, 2.05) is 24.3 Å². The van der Waals surface area contributed by atoms with Crippen LogP contribution in [-0.4, -0.2) is 27.5 Å². The monoisotopic (exact) mass is 288 g/mol. The minimum Gasteiger partial charge on any atom is -0.494 e. The van der Waals surface area contributed by atoms with Gasteiger partial charge in [0, 0.05) is 11.8 Å². The third-order valence-corrected chi connectivity index (χ3v) is 3.29. The highest BCUT2D eigenvalue weighted by atomic mass is 16.5. The molecule has 0 amide bonds. The summed E-state index contributed by atoms with van der Waals surface area (Å²) in [4.78, 5) is 11.0. The zero-order valence-electron chi connectivity index (χ0n) is 12.3. The van der Waals surface area contributed by atoms with Crippen molar-refractivity contribution in [3.8, 4) is 16.9 Å². The van der Waals surface area contributed by atoms with Gasteiger partial charge in [-0.25, -0.2) is 4.79 Å². The van der Waals surface area contributed by atoms with Crippen LogP contribution in [-0.2, 0) is 4.79 Å². The van der Waals surface area contributed by atoms with Crippen LogP contribution in [0.1, 0.15) is 32.7 Å². The highest BCUT2D eigenvalue weighted by Gasteiger charge is 2.14. The summed E-state index contributed by atoms with van der Waals surface area (Å²) in [6.07, 6.45) is 5.53. The van der Waals surface area contributed by atoms with Crippen LogP contribution in [0.15, 0.2) is 36.7 Å². The van der Waals surface area contributed by atoms with Crippen molar-refractivity contribution in [2.24, 2.45) is 0 Å². The molecule has 1 aromatic carbocycles. The van der Waals surface area contributed by atoms with E-state index >= 15 is 0 Å². The van der Waals surface area contributed by atoms with Crippen LogP contribution in [0.3, 0.4) is 0 Å². The number of unbranched alkanes of at least 4 members (excludes halogenated alkanes) is 1. The van der Waals surface area contributed by atoms with Crippen LogP contribution in [0.2, 0.25) is 0 Å². The number of hydrogen-bond donors (Lipinski definition) is 1. The Hall–Kier alpha value is -2.30. The molecule has 0 aliphatic rings. The normalized spacial score (nSPS) is 12.1. The summed E-state index contributed by atoms with van der Waals surface area (Å²) in [7, 11) is 0. The molecular weight excluding hydrogens is 268 g/mol. The van der Waals surface area contributed by atoms with Crippen molar-refractivity contribution < 1.29 is 14.6 Å². The molecule has 0 unspecified atom stereocenters. The summed E-state index contributed by atoms with van der Waals surface area (Å²) in [5.41, 5.74) is 1.84. The highest BCUT2D eigenvalue weighted by molar-refractivity contribution is 5.71. The van der Waals surface area contributed by atoms with Gasteiger partial charge in [0.25, 0.3) is 0 Å². The Labute approximate surface area is 124 Å². The van der Waals surface area contributed by atoms with Gasteiger partial charge in [-0.2, -0.15) is 5.10 Å². The number of ether oxygens (including phenoxy) is 1. The van der Waals surface area contributed by atoms with Crippen molar-refractivity contribution in [3.05, 3.63) is 36.7 Å². The molecule has 1 heterocycles. The highest BCUT2D eigenvalue weighted by Crippen LogP contribution is 2.24. The van der Waals surface area contributed by atoms with Gasteiger partial charge in [0.15, 0.2) is 0 Å². The van der Waals surface area contributed by atoms with E-state index in [1.54, 1.807) is 19.3 Å². The molecule has 0 saturated carbocycles. The van der Waals surface area contributed by atoms with Crippen LogP contribution in [0, 0.1) is 0 Å². The quantitative estimate of drug-likeness (QED) is 0.793.